The van der Waals surface area contributed by atoms with Crippen molar-refractivity contribution in [3.63, 3.8) is 0 Å². The Bertz CT molecular complexity index is 409. The first-order valence-corrected chi connectivity index (χ1v) is 5.19. The maximum Gasteiger partial charge on any atom is 0.337 e. The first kappa shape index (κ1) is 11.9. The zero-order chi connectivity index (χ0) is 11.4. The van der Waals surface area contributed by atoms with Crippen LogP contribution >= 0.6 is 28.1 Å². The molecule has 0 aliphatic heterocycles. The van der Waals surface area contributed by atoms with Crippen LogP contribution in [0.4, 0.5) is 5.69 Å². The molecule has 0 radical (unpaired) electrons. The molecule has 0 bridgehead atoms. The van der Waals surface area contributed by atoms with Crippen molar-refractivity contribution in [3.8, 4) is 0 Å². The van der Waals surface area contributed by atoms with Gasteiger partial charge in [-0.15, -0.1) is 0 Å². The van der Waals surface area contributed by atoms with E-state index in [2.05, 4.69) is 26.0 Å². The second-order valence-corrected chi connectivity index (χ2v) is 3.97. The number of carbonyl (C=O) groups excluding carboxylic acids is 1. The predicted molar refractivity (Wildman–Crippen MR) is 65.9 cm³/mol. The number of thiocarbonyl (C=S) groups is 1. The maximum absolute atomic E-state index is 11.2. The first-order valence-electron chi connectivity index (χ1n) is 3.99. The molecular formula is C9H9BrN2O2S. The number of benzene rings is 1. The fourth-order valence-corrected chi connectivity index (χ4v) is 1.58. The van der Waals surface area contributed by atoms with Crippen molar-refractivity contribution in [3.05, 3.63) is 28.2 Å². The maximum atomic E-state index is 11.2. The van der Waals surface area contributed by atoms with E-state index in [0.717, 1.165) is 0 Å². The van der Waals surface area contributed by atoms with Gasteiger partial charge in [-0.3, -0.25) is 0 Å². The van der Waals surface area contributed by atoms with Crippen LogP contribution in [0.2, 0.25) is 0 Å². The highest BCUT2D eigenvalue weighted by atomic mass is 79.9. The van der Waals surface area contributed by atoms with Crippen LogP contribution in [0.3, 0.4) is 0 Å². The van der Waals surface area contributed by atoms with E-state index in [0.29, 0.717) is 15.7 Å². The Morgan fingerprint density at radius 2 is 2.27 bits per heavy atom. The molecule has 0 amide bonds. The number of methoxy groups -OCH3 is 1. The number of esters is 1. The van der Waals surface area contributed by atoms with Gasteiger partial charge in [0.25, 0.3) is 0 Å². The van der Waals surface area contributed by atoms with Crippen LogP contribution in [0, 0.1) is 0 Å². The van der Waals surface area contributed by atoms with E-state index in [4.69, 9.17) is 18.0 Å². The average Bonchev–Trinajstić information content (AvgIpc) is 2.19. The van der Waals surface area contributed by atoms with Crippen LogP contribution in [-0.2, 0) is 4.74 Å². The Morgan fingerprint density at radius 3 is 2.73 bits per heavy atom. The highest BCUT2D eigenvalue weighted by Crippen LogP contribution is 2.23. The fourth-order valence-electron chi connectivity index (χ4n) is 0.994. The predicted octanol–water partition coefficient (Wildman–Crippen LogP) is 1.89. The highest BCUT2D eigenvalue weighted by Gasteiger charge is 2.08. The zero-order valence-corrected chi connectivity index (χ0v) is 10.3. The molecule has 0 aliphatic carbocycles. The van der Waals surface area contributed by atoms with Crippen LogP contribution < -0.4 is 11.1 Å². The third-order valence-electron chi connectivity index (χ3n) is 1.65. The summed E-state index contributed by atoms with van der Waals surface area (Å²) < 4.78 is 5.27. The van der Waals surface area contributed by atoms with Crippen LogP contribution in [-0.4, -0.2) is 18.2 Å². The van der Waals surface area contributed by atoms with E-state index >= 15 is 0 Å². The molecule has 80 valence electrons. The van der Waals surface area contributed by atoms with Gasteiger partial charge < -0.3 is 15.8 Å². The van der Waals surface area contributed by atoms with Crippen molar-refractivity contribution in [2.75, 3.05) is 12.4 Å². The number of hydrogen-bond acceptors (Lipinski definition) is 3. The van der Waals surface area contributed by atoms with Gasteiger partial charge in [-0.25, -0.2) is 4.79 Å². The smallest absolute Gasteiger partial charge is 0.337 e. The Balaban J connectivity index is 2.97. The number of hydrogen-bond donors (Lipinski definition) is 2. The molecule has 0 spiro atoms. The molecule has 3 N–H and O–H groups in total. The lowest BCUT2D eigenvalue weighted by Crippen LogP contribution is -2.19. The topological polar surface area (TPSA) is 64.3 Å². The Labute approximate surface area is 101 Å². The summed E-state index contributed by atoms with van der Waals surface area (Å²) in [4.78, 5) is 11.2. The summed E-state index contributed by atoms with van der Waals surface area (Å²) in [6.07, 6.45) is 0. The second-order valence-electron chi connectivity index (χ2n) is 2.68. The molecule has 4 nitrogen and oxygen atoms in total. The average molecular weight is 289 g/mol. The van der Waals surface area contributed by atoms with Crippen molar-refractivity contribution in [2.45, 2.75) is 0 Å². The Morgan fingerprint density at radius 1 is 1.60 bits per heavy atom. The van der Waals surface area contributed by atoms with Crippen molar-refractivity contribution in [1.29, 1.82) is 0 Å². The molecule has 0 aliphatic rings. The largest absolute Gasteiger partial charge is 0.465 e. The normalized spacial score (nSPS) is 9.47. The lowest BCUT2D eigenvalue weighted by Gasteiger charge is -2.07. The minimum absolute atomic E-state index is 0.168. The lowest BCUT2D eigenvalue weighted by molar-refractivity contribution is 0.0600. The SMILES string of the molecule is COC(=O)c1ccc(NC(N)=S)c(Br)c1. The highest BCUT2D eigenvalue weighted by molar-refractivity contribution is 9.10. The minimum Gasteiger partial charge on any atom is -0.465 e. The standard InChI is InChI=1S/C9H9BrN2O2S/c1-14-8(13)5-2-3-7(6(10)4-5)12-9(11)15/h2-4H,1H3,(H3,11,12,15). The monoisotopic (exact) mass is 288 g/mol. The molecule has 0 saturated heterocycles. The van der Waals surface area contributed by atoms with Crippen molar-refractivity contribution in [2.24, 2.45) is 5.73 Å². The third kappa shape index (κ3) is 3.17. The molecule has 1 rings (SSSR count). The summed E-state index contributed by atoms with van der Waals surface area (Å²) in [5.74, 6) is -0.391. The number of rotatable bonds is 2. The quantitative estimate of drug-likeness (QED) is 0.643. The minimum atomic E-state index is -0.391. The summed E-state index contributed by atoms with van der Waals surface area (Å²) in [6.45, 7) is 0. The van der Waals surface area contributed by atoms with E-state index in [1.165, 1.54) is 7.11 Å². The summed E-state index contributed by atoms with van der Waals surface area (Å²) in [5, 5.41) is 2.94. The molecule has 0 unspecified atom stereocenters. The van der Waals surface area contributed by atoms with Gasteiger partial charge in [0.1, 0.15) is 0 Å². The van der Waals surface area contributed by atoms with Crippen LogP contribution in [0.5, 0.6) is 0 Å². The molecule has 0 fully saturated rings. The number of nitrogens with one attached hydrogen (secondary N) is 1. The number of anilines is 1. The lowest BCUT2D eigenvalue weighted by atomic mass is 10.2. The Hall–Kier alpha value is -1.14. The van der Waals surface area contributed by atoms with E-state index in [-0.39, 0.29) is 5.11 Å². The van der Waals surface area contributed by atoms with Gasteiger partial charge >= 0.3 is 5.97 Å². The van der Waals surface area contributed by atoms with Gasteiger partial charge in [-0.2, -0.15) is 0 Å². The van der Waals surface area contributed by atoms with E-state index in [9.17, 15) is 4.79 Å². The van der Waals surface area contributed by atoms with Crippen molar-refractivity contribution in [1.82, 2.24) is 0 Å². The number of ether oxygens (including phenoxy) is 1. The first-order chi connectivity index (χ1) is 7.04. The fraction of sp³-hybridized carbons (Fsp3) is 0.111. The molecule has 1 aromatic carbocycles. The molecule has 0 saturated carbocycles. The van der Waals surface area contributed by atoms with Crippen LogP contribution in [0.15, 0.2) is 22.7 Å². The van der Waals surface area contributed by atoms with Gasteiger partial charge in [0.2, 0.25) is 0 Å². The number of halogens is 1. The van der Waals surface area contributed by atoms with Crippen LogP contribution in [0.1, 0.15) is 10.4 Å². The third-order valence-corrected chi connectivity index (χ3v) is 2.41. The van der Waals surface area contributed by atoms with E-state index < -0.39 is 5.97 Å². The summed E-state index contributed by atoms with van der Waals surface area (Å²) >= 11 is 7.99. The molecule has 0 heterocycles. The van der Waals surface area contributed by atoms with Gasteiger partial charge in [0.15, 0.2) is 5.11 Å². The van der Waals surface area contributed by atoms with Gasteiger partial charge in [-0.05, 0) is 46.3 Å². The molecule has 1 aromatic rings. The van der Waals surface area contributed by atoms with Gasteiger partial charge in [0.05, 0.1) is 18.4 Å². The molecular weight excluding hydrogens is 280 g/mol. The van der Waals surface area contributed by atoms with Gasteiger partial charge in [0, 0.05) is 4.47 Å². The molecule has 15 heavy (non-hydrogen) atoms. The number of nitrogens with two attached hydrogens (primary N) is 1. The van der Waals surface area contributed by atoms with E-state index in [1.54, 1.807) is 18.2 Å². The molecule has 6 heteroatoms. The molecule has 0 aromatic heterocycles. The van der Waals surface area contributed by atoms with Crippen molar-refractivity contribution >= 4 is 44.9 Å². The summed E-state index contributed by atoms with van der Waals surface area (Å²) in [6, 6.07) is 4.94. The van der Waals surface area contributed by atoms with Crippen molar-refractivity contribution < 1.29 is 9.53 Å². The van der Waals surface area contributed by atoms with Gasteiger partial charge in [-0.1, -0.05) is 0 Å². The summed E-state index contributed by atoms with van der Waals surface area (Å²) in [7, 11) is 1.33. The Kier molecular flexibility index (Phi) is 4.05. The van der Waals surface area contributed by atoms with Crippen LogP contribution in [0.25, 0.3) is 0 Å². The zero-order valence-electron chi connectivity index (χ0n) is 7.91. The molecule has 0 atom stereocenters. The number of carbonyl (C=O) groups is 1. The summed E-state index contributed by atoms with van der Waals surface area (Å²) in [5.41, 5.74) is 6.49. The second kappa shape index (κ2) is 5.09. The van der Waals surface area contributed by atoms with E-state index in [1.807, 2.05) is 0 Å².